The second-order valence-corrected chi connectivity index (χ2v) is 6.79. The maximum Gasteiger partial charge on any atom is 0.191 e. The molecular weight excluding hydrogens is 250 g/mol. The fourth-order valence-corrected chi connectivity index (χ4v) is 2.42. The quantitative estimate of drug-likeness (QED) is 0.323. The number of nitrogens with one attached hydrogen (secondary N) is 2. The average molecular weight is 273 g/mol. The molecule has 0 unspecified atom stereocenters. The van der Waals surface area contributed by atoms with Gasteiger partial charge in [-0.25, -0.2) is 8.42 Å². The predicted octanol–water partition coefficient (Wildman–Crippen LogP) is 0.695. The highest BCUT2D eigenvalue weighted by molar-refractivity contribution is 7.90. The van der Waals surface area contributed by atoms with Crippen LogP contribution in [0, 0.1) is 0 Å². The van der Waals surface area contributed by atoms with Crippen LogP contribution in [-0.4, -0.2) is 45.5 Å². The van der Waals surface area contributed by atoms with Crippen LogP contribution in [0.25, 0.3) is 0 Å². The summed E-state index contributed by atoms with van der Waals surface area (Å²) in [6.07, 6.45) is 8.18. The van der Waals surface area contributed by atoms with Crippen LogP contribution < -0.4 is 10.6 Å². The average Bonchev–Trinajstić information content (AvgIpc) is 2.76. The monoisotopic (exact) mass is 273 g/mol. The van der Waals surface area contributed by atoms with Crippen molar-refractivity contribution in [3.63, 3.8) is 0 Å². The molecule has 0 fully saturated rings. The molecule has 0 spiro atoms. The molecule has 1 aliphatic rings. The number of hydrogen-bond acceptors (Lipinski definition) is 3. The Hall–Kier alpha value is -1.04. The van der Waals surface area contributed by atoms with E-state index in [2.05, 4.69) is 27.8 Å². The van der Waals surface area contributed by atoms with Gasteiger partial charge in [-0.15, -0.1) is 0 Å². The fourth-order valence-electron chi connectivity index (χ4n) is 1.77. The lowest BCUT2D eigenvalue weighted by Crippen LogP contribution is -2.42. The van der Waals surface area contributed by atoms with Crippen molar-refractivity contribution < 1.29 is 8.42 Å². The molecule has 0 heterocycles. The molecule has 0 aromatic rings. The minimum atomic E-state index is -2.88. The standard InChI is InChI=1S/C12H23N3O2S/c1-3-13-12(15-11-7-4-5-8-11)14-9-6-10-18(2,16)17/h4-5,11H,3,6-10H2,1-2H3,(H2,13,14,15). The van der Waals surface area contributed by atoms with E-state index in [0.717, 1.165) is 25.3 Å². The van der Waals surface area contributed by atoms with Crippen molar-refractivity contribution >= 4 is 15.8 Å². The van der Waals surface area contributed by atoms with Crippen molar-refractivity contribution in [2.24, 2.45) is 4.99 Å². The first-order chi connectivity index (χ1) is 8.51. The number of nitrogens with zero attached hydrogens (tertiary/aromatic N) is 1. The molecule has 1 aliphatic carbocycles. The molecule has 0 aromatic heterocycles. The van der Waals surface area contributed by atoms with Crippen LogP contribution in [-0.2, 0) is 9.84 Å². The molecule has 2 N–H and O–H groups in total. The molecule has 0 aliphatic heterocycles. The van der Waals surface area contributed by atoms with Gasteiger partial charge in [-0.05, 0) is 26.2 Å². The number of aliphatic imine (C=N–C) groups is 1. The summed E-state index contributed by atoms with van der Waals surface area (Å²) in [4.78, 5) is 4.38. The van der Waals surface area contributed by atoms with Crippen molar-refractivity contribution in [3.8, 4) is 0 Å². The van der Waals surface area contributed by atoms with Gasteiger partial charge in [0, 0.05) is 25.4 Å². The second kappa shape index (κ2) is 7.41. The molecule has 0 saturated carbocycles. The van der Waals surface area contributed by atoms with E-state index in [1.807, 2.05) is 6.92 Å². The third-order valence-electron chi connectivity index (χ3n) is 2.64. The maximum atomic E-state index is 11.0. The molecule has 0 radical (unpaired) electrons. The van der Waals surface area contributed by atoms with Crippen molar-refractivity contribution in [2.75, 3.05) is 25.1 Å². The van der Waals surface area contributed by atoms with Gasteiger partial charge in [-0.3, -0.25) is 4.99 Å². The number of hydrogen-bond donors (Lipinski definition) is 2. The molecule has 0 saturated heterocycles. The summed E-state index contributed by atoms with van der Waals surface area (Å²) in [5, 5.41) is 6.51. The van der Waals surface area contributed by atoms with E-state index < -0.39 is 9.84 Å². The Morgan fingerprint density at radius 3 is 2.61 bits per heavy atom. The van der Waals surface area contributed by atoms with E-state index in [-0.39, 0.29) is 5.75 Å². The van der Waals surface area contributed by atoms with Crippen molar-refractivity contribution in [1.82, 2.24) is 10.6 Å². The Balaban J connectivity index is 2.35. The van der Waals surface area contributed by atoms with E-state index in [9.17, 15) is 8.42 Å². The molecule has 6 heteroatoms. The Morgan fingerprint density at radius 2 is 2.06 bits per heavy atom. The summed E-state index contributed by atoms with van der Waals surface area (Å²) in [5.41, 5.74) is 0. The van der Waals surface area contributed by atoms with Gasteiger partial charge in [0.05, 0.1) is 5.75 Å². The first-order valence-electron chi connectivity index (χ1n) is 6.39. The number of rotatable bonds is 6. The van der Waals surface area contributed by atoms with Crippen LogP contribution in [0.5, 0.6) is 0 Å². The molecule has 0 aromatic carbocycles. The van der Waals surface area contributed by atoms with Gasteiger partial charge in [0.25, 0.3) is 0 Å². The normalized spacial score (nSPS) is 17.1. The van der Waals surface area contributed by atoms with E-state index >= 15 is 0 Å². The van der Waals surface area contributed by atoms with Crippen LogP contribution in [0.2, 0.25) is 0 Å². The fraction of sp³-hybridized carbons (Fsp3) is 0.750. The summed E-state index contributed by atoms with van der Waals surface area (Å²) < 4.78 is 22.0. The minimum absolute atomic E-state index is 0.195. The van der Waals surface area contributed by atoms with Crippen molar-refractivity contribution in [2.45, 2.75) is 32.2 Å². The Labute approximate surface area is 110 Å². The van der Waals surface area contributed by atoms with Gasteiger partial charge in [0.15, 0.2) is 5.96 Å². The van der Waals surface area contributed by atoms with Crippen molar-refractivity contribution in [1.29, 1.82) is 0 Å². The first kappa shape index (κ1) is 15.0. The minimum Gasteiger partial charge on any atom is -0.357 e. The van der Waals surface area contributed by atoms with Crippen LogP contribution >= 0.6 is 0 Å². The van der Waals surface area contributed by atoms with E-state index in [4.69, 9.17) is 0 Å². The van der Waals surface area contributed by atoms with Crippen LogP contribution in [0.3, 0.4) is 0 Å². The Bertz CT molecular complexity index is 394. The van der Waals surface area contributed by atoms with Gasteiger partial charge in [-0.2, -0.15) is 0 Å². The zero-order valence-electron chi connectivity index (χ0n) is 11.1. The second-order valence-electron chi connectivity index (χ2n) is 4.53. The lowest BCUT2D eigenvalue weighted by Gasteiger charge is -2.16. The number of guanidine groups is 1. The van der Waals surface area contributed by atoms with Gasteiger partial charge in [-0.1, -0.05) is 12.2 Å². The molecule has 0 atom stereocenters. The van der Waals surface area contributed by atoms with E-state index in [0.29, 0.717) is 19.0 Å². The summed E-state index contributed by atoms with van der Waals surface area (Å²) in [6.45, 7) is 3.35. The van der Waals surface area contributed by atoms with Gasteiger partial charge >= 0.3 is 0 Å². The predicted molar refractivity (Wildman–Crippen MR) is 75.6 cm³/mol. The van der Waals surface area contributed by atoms with Gasteiger partial charge in [0.2, 0.25) is 0 Å². The third kappa shape index (κ3) is 6.64. The lowest BCUT2D eigenvalue weighted by atomic mass is 10.2. The largest absolute Gasteiger partial charge is 0.357 e. The highest BCUT2D eigenvalue weighted by atomic mass is 32.2. The zero-order valence-corrected chi connectivity index (χ0v) is 12.0. The highest BCUT2D eigenvalue weighted by Crippen LogP contribution is 2.08. The smallest absolute Gasteiger partial charge is 0.191 e. The van der Waals surface area contributed by atoms with Gasteiger partial charge < -0.3 is 10.6 Å². The first-order valence-corrected chi connectivity index (χ1v) is 8.45. The summed E-state index contributed by atoms with van der Waals surface area (Å²) in [7, 11) is -2.88. The third-order valence-corrected chi connectivity index (χ3v) is 3.67. The molecule has 1 rings (SSSR count). The van der Waals surface area contributed by atoms with Crippen molar-refractivity contribution in [3.05, 3.63) is 12.2 Å². The summed E-state index contributed by atoms with van der Waals surface area (Å²) in [5.74, 6) is 0.973. The van der Waals surface area contributed by atoms with E-state index in [1.165, 1.54) is 6.26 Å². The van der Waals surface area contributed by atoms with Gasteiger partial charge in [0.1, 0.15) is 9.84 Å². The molecule has 18 heavy (non-hydrogen) atoms. The molecule has 5 nitrogen and oxygen atoms in total. The molecule has 104 valence electrons. The maximum absolute atomic E-state index is 11.0. The van der Waals surface area contributed by atoms with Crippen LogP contribution in [0.4, 0.5) is 0 Å². The molecule has 0 bridgehead atoms. The summed E-state index contributed by atoms with van der Waals surface area (Å²) >= 11 is 0. The topological polar surface area (TPSA) is 70.6 Å². The molecule has 0 amide bonds. The highest BCUT2D eigenvalue weighted by Gasteiger charge is 2.11. The Kier molecular flexibility index (Phi) is 6.18. The lowest BCUT2D eigenvalue weighted by molar-refractivity contribution is 0.599. The summed E-state index contributed by atoms with van der Waals surface area (Å²) in [6, 6.07) is 0.415. The van der Waals surface area contributed by atoms with E-state index in [1.54, 1.807) is 0 Å². The SMILES string of the molecule is CCNC(=NCCCS(C)(=O)=O)NC1CC=CC1. The Morgan fingerprint density at radius 1 is 1.39 bits per heavy atom. The van der Waals surface area contributed by atoms with Crippen LogP contribution in [0.1, 0.15) is 26.2 Å². The molecular formula is C12H23N3O2S. The number of sulfone groups is 1. The zero-order chi connectivity index (χ0) is 13.4. The van der Waals surface area contributed by atoms with Crippen LogP contribution in [0.15, 0.2) is 17.1 Å².